The minimum absolute atomic E-state index is 0.0502. The summed E-state index contributed by atoms with van der Waals surface area (Å²) in [5.41, 5.74) is 3.36. The lowest BCUT2D eigenvalue weighted by Gasteiger charge is -2.08. The number of thioether (sulfide) groups is 1. The van der Waals surface area contributed by atoms with E-state index in [1.165, 1.54) is 11.1 Å². The molecule has 2 aromatic carbocycles. The Balaban J connectivity index is 1.65. The van der Waals surface area contributed by atoms with Crippen molar-refractivity contribution in [2.24, 2.45) is 0 Å². The molecule has 116 valence electrons. The third kappa shape index (κ3) is 5.85. The molecule has 0 bridgehead atoms. The van der Waals surface area contributed by atoms with Crippen LogP contribution in [0.5, 0.6) is 0 Å². The highest BCUT2D eigenvalue weighted by Gasteiger charge is 2.05. The van der Waals surface area contributed by atoms with Crippen molar-refractivity contribution in [3.05, 3.63) is 64.1 Å². The fourth-order valence-electron chi connectivity index (χ4n) is 2.10. The Labute approximate surface area is 144 Å². The van der Waals surface area contributed by atoms with Gasteiger partial charge >= 0.3 is 0 Å². The fraction of sp³-hybridized carbons (Fsp3) is 0.278. The van der Waals surface area contributed by atoms with Gasteiger partial charge in [0.2, 0.25) is 5.91 Å². The number of aryl methyl sites for hydroxylation is 2. The number of hydrogen-bond acceptors (Lipinski definition) is 2. The Kier molecular flexibility index (Phi) is 7.00. The van der Waals surface area contributed by atoms with Crippen LogP contribution in [0.1, 0.15) is 17.5 Å². The number of carbonyl (C=O) groups is 1. The van der Waals surface area contributed by atoms with Crippen LogP contribution in [0.4, 0.5) is 5.69 Å². The molecule has 0 aromatic heterocycles. The van der Waals surface area contributed by atoms with Gasteiger partial charge in [-0.3, -0.25) is 4.79 Å². The molecular formula is C18H20BrNOS. The van der Waals surface area contributed by atoms with E-state index in [9.17, 15) is 4.79 Å². The second-order valence-corrected chi connectivity index (χ2v) is 7.13. The van der Waals surface area contributed by atoms with Crippen LogP contribution in [0.25, 0.3) is 0 Å². The summed E-state index contributed by atoms with van der Waals surface area (Å²) in [6.07, 6.45) is 2.16. The largest absolute Gasteiger partial charge is 0.324 e. The number of benzene rings is 2. The topological polar surface area (TPSA) is 29.1 Å². The molecule has 0 spiro atoms. The van der Waals surface area contributed by atoms with Gasteiger partial charge in [0.15, 0.2) is 0 Å². The Bertz CT molecular complexity index is 616. The van der Waals surface area contributed by atoms with Crippen LogP contribution in [0, 0.1) is 6.92 Å². The number of hydrogen-bond donors (Lipinski definition) is 1. The number of halogens is 1. The summed E-state index contributed by atoms with van der Waals surface area (Å²) >= 11 is 5.15. The molecule has 22 heavy (non-hydrogen) atoms. The zero-order valence-electron chi connectivity index (χ0n) is 12.6. The van der Waals surface area contributed by atoms with E-state index in [4.69, 9.17) is 0 Å². The van der Waals surface area contributed by atoms with Crippen LogP contribution in [-0.2, 0) is 11.2 Å². The van der Waals surface area contributed by atoms with Gasteiger partial charge < -0.3 is 5.32 Å². The van der Waals surface area contributed by atoms with E-state index >= 15 is 0 Å². The monoisotopic (exact) mass is 377 g/mol. The molecule has 0 atom stereocenters. The first-order valence-corrected chi connectivity index (χ1v) is 9.27. The van der Waals surface area contributed by atoms with Gasteiger partial charge in [-0.2, -0.15) is 11.8 Å². The number of amides is 1. The minimum atomic E-state index is 0.0502. The van der Waals surface area contributed by atoms with Crippen molar-refractivity contribution in [2.45, 2.75) is 19.8 Å². The average Bonchev–Trinajstić information content (AvgIpc) is 2.51. The number of carbonyl (C=O) groups excluding carboxylic acids is 1. The van der Waals surface area contributed by atoms with Crippen molar-refractivity contribution in [1.82, 2.24) is 0 Å². The Morgan fingerprint density at radius 1 is 1.18 bits per heavy atom. The van der Waals surface area contributed by atoms with Crippen LogP contribution in [0.15, 0.2) is 53.0 Å². The zero-order valence-corrected chi connectivity index (χ0v) is 15.0. The smallest absolute Gasteiger partial charge is 0.234 e. The van der Waals surface area contributed by atoms with Crippen LogP contribution < -0.4 is 5.32 Å². The molecule has 0 radical (unpaired) electrons. The quantitative estimate of drug-likeness (QED) is 0.682. The van der Waals surface area contributed by atoms with E-state index in [0.29, 0.717) is 5.75 Å². The third-order valence-electron chi connectivity index (χ3n) is 3.23. The summed E-state index contributed by atoms with van der Waals surface area (Å²) < 4.78 is 0.926. The maximum Gasteiger partial charge on any atom is 0.234 e. The Morgan fingerprint density at radius 3 is 2.68 bits per heavy atom. The molecule has 0 saturated carbocycles. The molecule has 0 aliphatic carbocycles. The molecule has 0 heterocycles. The molecule has 0 saturated heterocycles. The second kappa shape index (κ2) is 9.01. The van der Waals surface area contributed by atoms with Crippen molar-refractivity contribution in [2.75, 3.05) is 16.8 Å². The van der Waals surface area contributed by atoms with E-state index < -0.39 is 0 Å². The Morgan fingerprint density at radius 2 is 1.95 bits per heavy atom. The van der Waals surface area contributed by atoms with E-state index in [0.717, 1.165) is 28.8 Å². The highest BCUT2D eigenvalue weighted by atomic mass is 79.9. The molecule has 2 rings (SSSR count). The van der Waals surface area contributed by atoms with E-state index in [2.05, 4.69) is 45.5 Å². The summed E-state index contributed by atoms with van der Waals surface area (Å²) in [6.45, 7) is 2.03. The predicted molar refractivity (Wildman–Crippen MR) is 99.6 cm³/mol. The first-order valence-electron chi connectivity index (χ1n) is 7.33. The molecule has 4 heteroatoms. The molecule has 0 aliphatic heterocycles. The zero-order chi connectivity index (χ0) is 15.8. The molecule has 0 aliphatic rings. The van der Waals surface area contributed by atoms with Gasteiger partial charge in [-0.15, -0.1) is 0 Å². The highest BCUT2D eigenvalue weighted by Crippen LogP contribution is 2.23. The summed E-state index contributed by atoms with van der Waals surface area (Å²) in [7, 11) is 0. The van der Waals surface area contributed by atoms with Crippen molar-refractivity contribution < 1.29 is 4.79 Å². The standard InChI is InChI=1S/C18H20BrNOS/c1-14-9-10-17(16(19)12-14)20-18(21)13-22-11-5-8-15-6-3-2-4-7-15/h2-4,6-7,9-10,12H,5,8,11,13H2,1H3,(H,20,21). The first-order chi connectivity index (χ1) is 10.6. The van der Waals surface area contributed by atoms with Gasteiger partial charge in [0.1, 0.15) is 0 Å². The number of rotatable bonds is 7. The van der Waals surface area contributed by atoms with E-state index in [1.807, 2.05) is 31.2 Å². The number of nitrogens with one attached hydrogen (secondary N) is 1. The lowest BCUT2D eigenvalue weighted by atomic mass is 10.1. The maximum atomic E-state index is 11.9. The van der Waals surface area contributed by atoms with E-state index in [1.54, 1.807) is 11.8 Å². The molecule has 0 fully saturated rings. The molecule has 0 unspecified atom stereocenters. The third-order valence-corrected chi connectivity index (χ3v) is 4.93. The van der Waals surface area contributed by atoms with E-state index in [-0.39, 0.29) is 5.91 Å². The molecule has 1 N–H and O–H groups in total. The van der Waals surface area contributed by atoms with Crippen LogP contribution in [0.2, 0.25) is 0 Å². The van der Waals surface area contributed by atoms with Gasteiger partial charge in [0.25, 0.3) is 0 Å². The average molecular weight is 378 g/mol. The SMILES string of the molecule is Cc1ccc(NC(=O)CSCCCc2ccccc2)c(Br)c1. The lowest BCUT2D eigenvalue weighted by molar-refractivity contribution is -0.113. The number of anilines is 1. The summed E-state index contributed by atoms with van der Waals surface area (Å²) in [5, 5.41) is 2.94. The molecular weight excluding hydrogens is 358 g/mol. The maximum absolute atomic E-state index is 11.9. The first kappa shape index (κ1) is 17.1. The normalized spacial score (nSPS) is 10.5. The van der Waals surface area contributed by atoms with Crippen LogP contribution >= 0.6 is 27.7 Å². The van der Waals surface area contributed by atoms with Crippen LogP contribution in [0.3, 0.4) is 0 Å². The van der Waals surface area contributed by atoms with Gasteiger partial charge in [0, 0.05) is 4.47 Å². The molecule has 2 aromatic rings. The molecule has 2 nitrogen and oxygen atoms in total. The van der Waals surface area contributed by atoms with Gasteiger partial charge in [0.05, 0.1) is 11.4 Å². The lowest BCUT2D eigenvalue weighted by Crippen LogP contribution is -2.14. The minimum Gasteiger partial charge on any atom is -0.324 e. The Hall–Kier alpha value is -1.26. The van der Waals surface area contributed by atoms with Gasteiger partial charge in [-0.25, -0.2) is 0 Å². The highest BCUT2D eigenvalue weighted by molar-refractivity contribution is 9.10. The van der Waals surface area contributed by atoms with Gasteiger partial charge in [-0.1, -0.05) is 36.4 Å². The second-order valence-electron chi connectivity index (χ2n) is 5.17. The van der Waals surface area contributed by atoms with Gasteiger partial charge in [-0.05, 0) is 64.7 Å². The fourth-order valence-corrected chi connectivity index (χ4v) is 3.44. The van der Waals surface area contributed by atoms with Crippen LogP contribution in [-0.4, -0.2) is 17.4 Å². The summed E-state index contributed by atoms with van der Waals surface area (Å²) in [5.74, 6) is 1.54. The predicted octanol–water partition coefficient (Wildman–Crippen LogP) is 5.06. The van der Waals surface area contributed by atoms with Crippen molar-refractivity contribution in [1.29, 1.82) is 0 Å². The molecule has 1 amide bonds. The van der Waals surface area contributed by atoms with Crippen molar-refractivity contribution >= 4 is 39.3 Å². The van der Waals surface area contributed by atoms with Crippen molar-refractivity contribution in [3.63, 3.8) is 0 Å². The van der Waals surface area contributed by atoms with Crippen molar-refractivity contribution in [3.8, 4) is 0 Å². The summed E-state index contributed by atoms with van der Waals surface area (Å²) in [6, 6.07) is 16.4. The summed E-state index contributed by atoms with van der Waals surface area (Å²) in [4.78, 5) is 11.9.